The van der Waals surface area contributed by atoms with Gasteiger partial charge in [-0.2, -0.15) is 4.99 Å². The summed E-state index contributed by atoms with van der Waals surface area (Å²) < 4.78 is 0. The third kappa shape index (κ3) is 7.10. The van der Waals surface area contributed by atoms with Crippen molar-refractivity contribution in [2.45, 2.75) is 47.5 Å². The number of carboxylic acid groups (broad SMARTS) is 1. The number of hydrogen-bond acceptors (Lipinski definition) is 5. The molecule has 2 aromatic carbocycles. The van der Waals surface area contributed by atoms with Crippen LogP contribution in [0.3, 0.4) is 0 Å². The van der Waals surface area contributed by atoms with Gasteiger partial charge in [0.25, 0.3) is 5.91 Å². The molecule has 0 saturated carbocycles. The van der Waals surface area contributed by atoms with E-state index in [1.807, 2.05) is 13.0 Å². The van der Waals surface area contributed by atoms with Crippen molar-refractivity contribution in [2.24, 2.45) is 9.98 Å². The SMILES string of the molecule is CCCNc1ccc(C(=O)O)cc1.CCc1cc(N=C2C(=O)NC(=O)N=C2C)c(C)cc1C. The van der Waals surface area contributed by atoms with Crippen LogP contribution in [-0.2, 0) is 11.2 Å². The Labute approximate surface area is 193 Å². The van der Waals surface area contributed by atoms with Gasteiger partial charge in [-0.15, -0.1) is 0 Å². The summed E-state index contributed by atoms with van der Waals surface area (Å²) in [4.78, 5) is 41.5. The number of carboxylic acids is 1. The van der Waals surface area contributed by atoms with Crippen molar-refractivity contribution in [3.8, 4) is 0 Å². The predicted octanol–water partition coefficient (Wildman–Crippen LogP) is 4.86. The quantitative estimate of drug-likeness (QED) is 0.581. The van der Waals surface area contributed by atoms with Gasteiger partial charge >= 0.3 is 12.0 Å². The number of hydrogen-bond donors (Lipinski definition) is 3. The molecule has 3 amide bonds. The molecule has 0 spiro atoms. The molecule has 1 aliphatic heterocycles. The zero-order valence-corrected chi connectivity index (χ0v) is 19.7. The lowest BCUT2D eigenvalue weighted by Gasteiger charge is -2.13. The molecule has 3 N–H and O–H groups in total. The number of aromatic carboxylic acids is 1. The van der Waals surface area contributed by atoms with Crippen molar-refractivity contribution in [3.63, 3.8) is 0 Å². The molecule has 8 nitrogen and oxygen atoms in total. The maximum atomic E-state index is 11.8. The third-order valence-electron chi connectivity index (χ3n) is 5.03. The van der Waals surface area contributed by atoms with Crippen molar-refractivity contribution in [1.29, 1.82) is 0 Å². The van der Waals surface area contributed by atoms with Gasteiger partial charge in [-0.25, -0.2) is 14.6 Å². The van der Waals surface area contributed by atoms with Crippen LogP contribution in [0.4, 0.5) is 16.2 Å². The van der Waals surface area contributed by atoms with Crippen LogP contribution >= 0.6 is 0 Å². The minimum atomic E-state index is -0.887. The first-order chi connectivity index (χ1) is 15.7. The van der Waals surface area contributed by atoms with E-state index < -0.39 is 17.9 Å². The number of anilines is 1. The maximum Gasteiger partial charge on any atom is 0.348 e. The fourth-order valence-electron chi connectivity index (χ4n) is 3.19. The van der Waals surface area contributed by atoms with E-state index >= 15 is 0 Å². The van der Waals surface area contributed by atoms with E-state index in [1.165, 1.54) is 11.1 Å². The second kappa shape index (κ2) is 11.7. The van der Waals surface area contributed by atoms with Gasteiger partial charge in [-0.05, 0) is 80.6 Å². The Bertz CT molecular complexity index is 1100. The molecule has 0 saturated heterocycles. The Morgan fingerprint density at radius 2 is 1.73 bits per heavy atom. The number of aliphatic imine (C=N–C) groups is 2. The average molecular weight is 451 g/mol. The molecule has 2 aromatic rings. The second-order valence-electron chi connectivity index (χ2n) is 7.64. The number of carbonyl (C=O) groups excluding carboxylic acids is 2. The summed E-state index contributed by atoms with van der Waals surface area (Å²) >= 11 is 0. The van der Waals surface area contributed by atoms with Crippen molar-refractivity contribution in [1.82, 2.24) is 5.32 Å². The molecule has 174 valence electrons. The molecule has 0 fully saturated rings. The molecular weight excluding hydrogens is 420 g/mol. The van der Waals surface area contributed by atoms with Crippen LogP contribution < -0.4 is 10.6 Å². The standard InChI is InChI=1S/C15H17N3O2.C10H13NO2/c1-5-11-7-12(9(3)6-8(11)2)17-13-10(4)16-15(20)18-14(13)19;1-2-7-11-9-5-3-8(4-6-9)10(12)13/h6-7H,5H2,1-4H3,(H,18,19,20);3-6,11H,2,7H2,1H3,(H,12,13). The number of nitrogens with one attached hydrogen (secondary N) is 2. The second-order valence-corrected chi connectivity index (χ2v) is 7.64. The van der Waals surface area contributed by atoms with Crippen molar-refractivity contribution in [3.05, 3.63) is 58.7 Å². The lowest BCUT2D eigenvalue weighted by Crippen LogP contribution is -2.42. The van der Waals surface area contributed by atoms with Crippen molar-refractivity contribution >= 4 is 40.7 Å². The predicted molar refractivity (Wildman–Crippen MR) is 131 cm³/mol. The van der Waals surface area contributed by atoms with Crippen LogP contribution in [-0.4, -0.2) is 41.0 Å². The summed E-state index contributed by atoms with van der Waals surface area (Å²) in [6.45, 7) is 10.7. The highest BCUT2D eigenvalue weighted by Gasteiger charge is 2.23. The highest BCUT2D eigenvalue weighted by molar-refractivity contribution is 6.69. The van der Waals surface area contributed by atoms with Crippen molar-refractivity contribution in [2.75, 3.05) is 11.9 Å². The zero-order valence-electron chi connectivity index (χ0n) is 19.7. The largest absolute Gasteiger partial charge is 0.478 e. The van der Waals surface area contributed by atoms with E-state index in [4.69, 9.17) is 5.11 Å². The fraction of sp³-hybridized carbons (Fsp3) is 0.320. The average Bonchev–Trinajstić information content (AvgIpc) is 2.76. The maximum absolute atomic E-state index is 11.8. The van der Waals surface area contributed by atoms with Crippen LogP contribution in [0.15, 0.2) is 46.4 Å². The summed E-state index contributed by atoms with van der Waals surface area (Å²) in [5, 5.41) is 13.9. The van der Waals surface area contributed by atoms with E-state index in [1.54, 1.807) is 31.2 Å². The van der Waals surface area contributed by atoms with Gasteiger partial charge in [0.15, 0.2) is 5.71 Å². The van der Waals surface area contributed by atoms with Gasteiger partial charge in [0.1, 0.15) is 0 Å². The van der Waals surface area contributed by atoms with Gasteiger partial charge in [0, 0.05) is 12.2 Å². The Morgan fingerprint density at radius 1 is 1.06 bits per heavy atom. The number of imide groups is 1. The summed E-state index contributed by atoms with van der Waals surface area (Å²) in [7, 11) is 0. The van der Waals surface area contributed by atoms with Gasteiger partial charge in [-0.3, -0.25) is 10.1 Å². The fourth-order valence-corrected chi connectivity index (χ4v) is 3.19. The zero-order chi connectivity index (χ0) is 24.5. The molecule has 8 heteroatoms. The van der Waals surface area contributed by atoms with Gasteiger partial charge in [-0.1, -0.05) is 19.9 Å². The van der Waals surface area contributed by atoms with Gasteiger partial charge in [0.05, 0.1) is 17.0 Å². The first kappa shape index (κ1) is 25.5. The lowest BCUT2D eigenvalue weighted by molar-refractivity contribution is -0.113. The molecule has 33 heavy (non-hydrogen) atoms. The van der Waals surface area contributed by atoms with Gasteiger partial charge in [0.2, 0.25) is 0 Å². The van der Waals surface area contributed by atoms with E-state index in [0.29, 0.717) is 11.3 Å². The van der Waals surface area contributed by atoms with E-state index in [2.05, 4.69) is 47.5 Å². The smallest absolute Gasteiger partial charge is 0.348 e. The lowest BCUT2D eigenvalue weighted by atomic mass is 10.0. The molecule has 0 atom stereocenters. The minimum absolute atomic E-state index is 0.193. The molecule has 0 radical (unpaired) electrons. The molecule has 1 aliphatic rings. The molecular formula is C25H30N4O4. The van der Waals surface area contributed by atoms with Crippen LogP contribution in [0, 0.1) is 13.8 Å². The molecule has 3 rings (SSSR count). The van der Waals surface area contributed by atoms with Crippen LogP contribution in [0.25, 0.3) is 0 Å². The Hall–Kier alpha value is -3.81. The van der Waals surface area contributed by atoms with E-state index in [9.17, 15) is 14.4 Å². The number of rotatable bonds is 6. The summed E-state index contributed by atoms with van der Waals surface area (Å²) in [5.74, 6) is -1.39. The highest BCUT2D eigenvalue weighted by Crippen LogP contribution is 2.24. The van der Waals surface area contributed by atoms with Crippen LogP contribution in [0.1, 0.15) is 54.2 Å². The summed E-state index contributed by atoms with van der Waals surface area (Å²) in [5.41, 5.74) is 5.95. The first-order valence-electron chi connectivity index (χ1n) is 10.8. The normalized spacial score (nSPS) is 14.2. The number of carbonyl (C=O) groups is 3. The Balaban J connectivity index is 0.000000257. The number of urea groups is 1. The number of aryl methyl sites for hydroxylation is 3. The molecule has 0 bridgehead atoms. The van der Waals surface area contributed by atoms with E-state index in [0.717, 1.165) is 36.3 Å². The van der Waals surface area contributed by atoms with E-state index in [-0.39, 0.29) is 5.71 Å². The molecule has 0 aromatic heterocycles. The first-order valence-corrected chi connectivity index (χ1v) is 10.8. The monoisotopic (exact) mass is 450 g/mol. The van der Waals surface area contributed by atoms with Crippen LogP contribution in [0.2, 0.25) is 0 Å². The minimum Gasteiger partial charge on any atom is -0.478 e. The number of amides is 3. The molecule has 0 unspecified atom stereocenters. The third-order valence-corrected chi connectivity index (χ3v) is 5.03. The number of nitrogens with zero attached hydrogens (tertiary/aromatic N) is 2. The van der Waals surface area contributed by atoms with Crippen LogP contribution in [0.5, 0.6) is 0 Å². The summed E-state index contributed by atoms with van der Waals surface area (Å²) in [6, 6.07) is 10.1. The highest BCUT2D eigenvalue weighted by atomic mass is 16.4. The topological polar surface area (TPSA) is 120 Å². The summed E-state index contributed by atoms with van der Waals surface area (Å²) in [6.07, 6.45) is 1.96. The van der Waals surface area contributed by atoms with Gasteiger partial charge < -0.3 is 10.4 Å². The Kier molecular flexibility index (Phi) is 9.03. The molecule has 0 aliphatic carbocycles. The van der Waals surface area contributed by atoms with Crippen molar-refractivity contribution < 1.29 is 19.5 Å². The number of benzene rings is 2. The molecule has 1 heterocycles. The Morgan fingerprint density at radius 3 is 2.27 bits per heavy atom.